The monoisotopic (exact) mass is 440 g/mol. The maximum atomic E-state index is 12.9. The van der Waals surface area contributed by atoms with Crippen molar-refractivity contribution in [3.05, 3.63) is 41.5 Å². The molecule has 7 heteroatoms. The van der Waals surface area contributed by atoms with Crippen molar-refractivity contribution < 1.29 is 14.3 Å². The van der Waals surface area contributed by atoms with Crippen molar-refractivity contribution in [3.63, 3.8) is 0 Å². The highest BCUT2D eigenvalue weighted by atomic mass is 16.5. The molecule has 7 nitrogen and oxygen atoms in total. The number of aromatic nitrogens is 2. The van der Waals surface area contributed by atoms with E-state index in [2.05, 4.69) is 34.0 Å². The number of hydrogen-bond donors (Lipinski definition) is 2. The summed E-state index contributed by atoms with van der Waals surface area (Å²) in [7, 11) is 0. The van der Waals surface area contributed by atoms with E-state index in [-0.39, 0.29) is 11.7 Å². The second kappa shape index (κ2) is 12.4. The van der Waals surface area contributed by atoms with E-state index in [9.17, 15) is 9.59 Å². The number of rotatable bonds is 13. The third-order valence-electron chi connectivity index (χ3n) is 5.88. The molecule has 0 aliphatic heterocycles. The van der Waals surface area contributed by atoms with Gasteiger partial charge in [-0.05, 0) is 45.2 Å². The van der Waals surface area contributed by atoms with Gasteiger partial charge in [-0.1, -0.05) is 26.7 Å². The number of pyridine rings is 1. The van der Waals surface area contributed by atoms with Crippen molar-refractivity contribution in [2.75, 3.05) is 31.6 Å². The second-order valence-electron chi connectivity index (χ2n) is 8.41. The normalized spacial score (nSPS) is 13.3. The Morgan fingerprint density at radius 1 is 1.16 bits per heavy atom. The molecule has 32 heavy (non-hydrogen) atoms. The maximum Gasteiger partial charge on any atom is 0.258 e. The number of aromatic amines is 1. The number of Topliss-reactive ketones (excluding diaryl/α,β-unsaturated/α-hetero) is 1. The number of hydrogen-bond acceptors (Lipinski definition) is 5. The predicted octanol–water partition coefficient (Wildman–Crippen LogP) is 4.85. The molecule has 0 unspecified atom stereocenters. The van der Waals surface area contributed by atoms with Gasteiger partial charge in [0.2, 0.25) is 0 Å². The Balaban J connectivity index is 1.56. The lowest BCUT2D eigenvalue weighted by atomic mass is 9.93. The summed E-state index contributed by atoms with van der Waals surface area (Å²) in [6.07, 6.45) is 12.7. The number of carbonyl (C=O) groups excluding carboxylic acids is 2. The largest absolute Gasteiger partial charge is 0.491 e. The summed E-state index contributed by atoms with van der Waals surface area (Å²) in [6.45, 7) is 8.28. The predicted molar refractivity (Wildman–Crippen MR) is 127 cm³/mol. The van der Waals surface area contributed by atoms with Gasteiger partial charge in [-0.3, -0.25) is 14.6 Å². The van der Waals surface area contributed by atoms with E-state index in [0.717, 1.165) is 44.6 Å². The minimum Gasteiger partial charge on any atom is -0.491 e. The lowest BCUT2D eigenvalue weighted by molar-refractivity contribution is 0.0956. The maximum absolute atomic E-state index is 12.9. The molecule has 0 radical (unpaired) electrons. The molecule has 2 heterocycles. The number of aryl methyl sites for hydroxylation is 1. The molecule has 0 aromatic carbocycles. The molecule has 0 saturated heterocycles. The van der Waals surface area contributed by atoms with E-state index in [1.54, 1.807) is 24.7 Å². The molecule has 3 rings (SSSR count). The first-order chi connectivity index (χ1) is 15.6. The number of carbonyl (C=O) groups is 2. The van der Waals surface area contributed by atoms with Crippen LogP contribution in [0.5, 0.6) is 5.75 Å². The average molecular weight is 441 g/mol. The Morgan fingerprint density at radius 2 is 1.91 bits per heavy atom. The lowest BCUT2D eigenvalue weighted by Gasteiger charge is -2.22. The van der Waals surface area contributed by atoms with Crippen LogP contribution in [0.3, 0.4) is 0 Å². The SMILES string of the molecule is CCCCN(CCCC)CCCOc1ccncc1NC(=O)c1c[nH]c2c1C(=O)CCC2. The van der Waals surface area contributed by atoms with E-state index in [4.69, 9.17) is 4.74 Å². The van der Waals surface area contributed by atoms with Crippen LogP contribution in [0.2, 0.25) is 0 Å². The minimum absolute atomic E-state index is 0.0241. The van der Waals surface area contributed by atoms with Crippen molar-refractivity contribution in [2.45, 2.75) is 65.2 Å². The average Bonchev–Trinajstić information content (AvgIpc) is 3.24. The Morgan fingerprint density at radius 3 is 2.66 bits per heavy atom. The van der Waals surface area contributed by atoms with Gasteiger partial charge in [-0.15, -0.1) is 0 Å². The third-order valence-corrected chi connectivity index (χ3v) is 5.88. The van der Waals surface area contributed by atoms with E-state index >= 15 is 0 Å². The van der Waals surface area contributed by atoms with E-state index in [1.807, 2.05) is 0 Å². The first-order valence-electron chi connectivity index (χ1n) is 12.0. The first kappa shape index (κ1) is 24.0. The molecule has 2 N–H and O–H groups in total. The Labute approximate surface area is 190 Å². The molecule has 0 fully saturated rings. The van der Waals surface area contributed by atoms with Gasteiger partial charge in [-0.2, -0.15) is 0 Å². The zero-order valence-corrected chi connectivity index (χ0v) is 19.4. The molecule has 174 valence electrons. The summed E-state index contributed by atoms with van der Waals surface area (Å²) in [5.41, 5.74) is 2.29. The summed E-state index contributed by atoms with van der Waals surface area (Å²) >= 11 is 0. The number of ether oxygens (including phenoxy) is 1. The number of ketones is 1. The standard InChI is InChI=1S/C25H36N4O3/c1-3-5-13-29(14-6-4-2)15-8-16-32-23-11-12-26-18-21(23)28-25(31)19-17-27-20-9-7-10-22(30)24(19)20/h11-12,17-18,27H,3-10,13-16H2,1-2H3,(H,28,31). The van der Waals surface area contributed by atoms with Crippen LogP contribution < -0.4 is 10.1 Å². The van der Waals surface area contributed by atoms with Crippen LogP contribution in [0.15, 0.2) is 24.7 Å². The summed E-state index contributed by atoms with van der Waals surface area (Å²) in [5.74, 6) is 0.301. The molecular weight excluding hydrogens is 404 g/mol. The van der Waals surface area contributed by atoms with E-state index in [1.165, 1.54) is 25.7 Å². The van der Waals surface area contributed by atoms with Crippen molar-refractivity contribution in [1.29, 1.82) is 0 Å². The van der Waals surface area contributed by atoms with Crippen LogP contribution >= 0.6 is 0 Å². The number of nitrogens with one attached hydrogen (secondary N) is 2. The summed E-state index contributed by atoms with van der Waals surface area (Å²) in [5, 5.41) is 2.88. The number of anilines is 1. The van der Waals surface area contributed by atoms with Gasteiger partial charge in [0.05, 0.1) is 23.9 Å². The van der Waals surface area contributed by atoms with Crippen LogP contribution in [0.4, 0.5) is 5.69 Å². The lowest BCUT2D eigenvalue weighted by Crippen LogP contribution is -2.28. The Bertz CT molecular complexity index is 885. The molecule has 1 amide bonds. The zero-order chi connectivity index (χ0) is 22.8. The summed E-state index contributed by atoms with van der Waals surface area (Å²) in [4.78, 5) is 34.9. The molecule has 2 aromatic rings. The Kier molecular flexibility index (Phi) is 9.28. The number of unbranched alkanes of at least 4 members (excludes halogenated alkanes) is 2. The van der Waals surface area contributed by atoms with E-state index in [0.29, 0.717) is 35.6 Å². The fourth-order valence-corrected chi connectivity index (χ4v) is 4.07. The number of nitrogens with zero attached hydrogens (tertiary/aromatic N) is 2. The van der Waals surface area contributed by atoms with Gasteiger partial charge >= 0.3 is 0 Å². The minimum atomic E-state index is -0.319. The second-order valence-corrected chi connectivity index (χ2v) is 8.41. The van der Waals surface area contributed by atoms with Crippen LogP contribution in [0.25, 0.3) is 0 Å². The summed E-state index contributed by atoms with van der Waals surface area (Å²) in [6, 6.07) is 1.76. The van der Waals surface area contributed by atoms with Gasteiger partial charge in [0.25, 0.3) is 5.91 Å². The fraction of sp³-hybridized carbons (Fsp3) is 0.560. The molecule has 0 bridgehead atoms. The molecule has 2 aromatic heterocycles. The molecule has 1 aliphatic carbocycles. The molecule has 1 aliphatic rings. The quantitative estimate of drug-likeness (QED) is 0.435. The van der Waals surface area contributed by atoms with Gasteiger partial charge in [0.1, 0.15) is 11.4 Å². The molecule has 0 saturated carbocycles. The number of H-pyrrole nitrogens is 1. The first-order valence-corrected chi connectivity index (χ1v) is 12.0. The fourth-order valence-electron chi connectivity index (χ4n) is 4.07. The van der Waals surface area contributed by atoms with Crippen molar-refractivity contribution in [2.24, 2.45) is 0 Å². The topological polar surface area (TPSA) is 87.3 Å². The van der Waals surface area contributed by atoms with Gasteiger partial charge in [0.15, 0.2) is 5.78 Å². The van der Waals surface area contributed by atoms with E-state index < -0.39 is 0 Å². The van der Waals surface area contributed by atoms with Crippen molar-refractivity contribution >= 4 is 17.4 Å². The van der Waals surface area contributed by atoms with Crippen molar-refractivity contribution in [3.8, 4) is 5.75 Å². The Hall–Kier alpha value is -2.67. The summed E-state index contributed by atoms with van der Waals surface area (Å²) < 4.78 is 5.99. The number of fused-ring (bicyclic) bond motifs is 1. The highest BCUT2D eigenvalue weighted by Gasteiger charge is 2.26. The number of amides is 1. The highest BCUT2D eigenvalue weighted by molar-refractivity contribution is 6.13. The molecule has 0 atom stereocenters. The van der Waals surface area contributed by atoms with Crippen LogP contribution in [0, 0.1) is 0 Å². The van der Waals surface area contributed by atoms with Crippen LogP contribution in [-0.2, 0) is 6.42 Å². The van der Waals surface area contributed by atoms with Gasteiger partial charge < -0.3 is 19.9 Å². The highest BCUT2D eigenvalue weighted by Crippen LogP contribution is 2.27. The smallest absolute Gasteiger partial charge is 0.258 e. The van der Waals surface area contributed by atoms with Crippen LogP contribution in [-0.4, -0.2) is 52.8 Å². The van der Waals surface area contributed by atoms with Crippen LogP contribution in [0.1, 0.15) is 85.2 Å². The van der Waals surface area contributed by atoms with Crippen molar-refractivity contribution in [1.82, 2.24) is 14.9 Å². The zero-order valence-electron chi connectivity index (χ0n) is 19.4. The van der Waals surface area contributed by atoms with Gasteiger partial charge in [-0.25, -0.2) is 0 Å². The van der Waals surface area contributed by atoms with Gasteiger partial charge in [0, 0.05) is 37.1 Å². The third kappa shape index (κ3) is 6.42. The molecular formula is C25H36N4O3. The molecule has 0 spiro atoms.